The molecule has 2 aromatic heterocycles. The van der Waals surface area contributed by atoms with Crippen LogP contribution in [0.3, 0.4) is 0 Å². The van der Waals surface area contributed by atoms with Gasteiger partial charge in [0.15, 0.2) is 11.6 Å². The van der Waals surface area contributed by atoms with Crippen LogP contribution in [0.15, 0.2) is 41.2 Å². The summed E-state index contributed by atoms with van der Waals surface area (Å²) in [6.07, 6.45) is 4.81. The van der Waals surface area contributed by atoms with Crippen molar-refractivity contribution in [3.8, 4) is 0 Å². The standard InChI is InChI=1S/C18H20N2O3/c1-20-8-5-13(6-9-20)18(22)16-4-2-3-15(19-16)11-17(21)14-7-10-23-12-14/h2-4,7,10,12-13H,5-6,8-9,11H2,1H3. The zero-order valence-electron chi connectivity index (χ0n) is 13.2. The van der Waals surface area contributed by atoms with Crippen molar-refractivity contribution < 1.29 is 14.0 Å². The number of Topliss-reactive ketones (excluding diaryl/α,β-unsaturated/α-hetero) is 2. The lowest BCUT2D eigenvalue weighted by Crippen LogP contribution is -2.33. The largest absolute Gasteiger partial charge is 0.472 e. The summed E-state index contributed by atoms with van der Waals surface area (Å²) in [4.78, 5) is 31.3. The van der Waals surface area contributed by atoms with Gasteiger partial charge in [0.1, 0.15) is 12.0 Å². The molecule has 1 aliphatic rings. The summed E-state index contributed by atoms with van der Waals surface area (Å²) in [5.41, 5.74) is 1.62. The Hall–Kier alpha value is -2.27. The molecule has 0 N–H and O–H groups in total. The molecule has 0 spiro atoms. The molecule has 0 radical (unpaired) electrons. The average molecular weight is 312 g/mol. The van der Waals surface area contributed by atoms with Crippen LogP contribution in [-0.4, -0.2) is 41.6 Å². The van der Waals surface area contributed by atoms with E-state index in [9.17, 15) is 9.59 Å². The molecule has 2 aromatic rings. The molecule has 23 heavy (non-hydrogen) atoms. The minimum atomic E-state index is -0.0601. The highest BCUT2D eigenvalue weighted by Crippen LogP contribution is 2.20. The van der Waals surface area contributed by atoms with Crippen LogP contribution < -0.4 is 0 Å². The molecule has 0 bridgehead atoms. The summed E-state index contributed by atoms with van der Waals surface area (Å²) in [6.45, 7) is 1.88. The van der Waals surface area contributed by atoms with Gasteiger partial charge in [0.25, 0.3) is 0 Å². The number of nitrogens with zero attached hydrogens (tertiary/aromatic N) is 2. The number of piperidine rings is 1. The molecule has 120 valence electrons. The molecule has 3 heterocycles. The van der Waals surface area contributed by atoms with Crippen molar-refractivity contribution in [2.75, 3.05) is 20.1 Å². The van der Waals surface area contributed by atoms with Gasteiger partial charge < -0.3 is 9.32 Å². The summed E-state index contributed by atoms with van der Waals surface area (Å²) < 4.78 is 4.92. The van der Waals surface area contributed by atoms with Gasteiger partial charge in [0, 0.05) is 11.6 Å². The lowest BCUT2D eigenvalue weighted by Gasteiger charge is -2.27. The number of ketones is 2. The van der Waals surface area contributed by atoms with Gasteiger partial charge in [-0.1, -0.05) is 6.07 Å². The molecule has 0 saturated carbocycles. The lowest BCUT2D eigenvalue weighted by atomic mass is 9.91. The number of aromatic nitrogens is 1. The Bertz CT molecular complexity index is 686. The fourth-order valence-corrected chi connectivity index (χ4v) is 2.88. The fraction of sp³-hybridized carbons (Fsp3) is 0.389. The first-order valence-electron chi connectivity index (χ1n) is 7.87. The van der Waals surface area contributed by atoms with Crippen molar-refractivity contribution in [2.45, 2.75) is 19.3 Å². The highest BCUT2D eigenvalue weighted by atomic mass is 16.3. The minimum Gasteiger partial charge on any atom is -0.472 e. The SMILES string of the molecule is CN1CCC(C(=O)c2cccc(CC(=O)c3ccoc3)n2)CC1. The Morgan fingerprint density at radius 3 is 2.74 bits per heavy atom. The number of hydrogen-bond acceptors (Lipinski definition) is 5. The Balaban J connectivity index is 1.69. The molecule has 5 nitrogen and oxygen atoms in total. The van der Waals surface area contributed by atoms with E-state index in [4.69, 9.17) is 4.42 Å². The minimum absolute atomic E-state index is 0.0403. The summed E-state index contributed by atoms with van der Waals surface area (Å²) in [5.74, 6) is 0.0735. The van der Waals surface area contributed by atoms with Crippen LogP contribution >= 0.6 is 0 Å². The average Bonchev–Trinajstić information content (AvgIpc) is 3.10. The van der Waals surface area contributed by atoms with Crippen molar-refractivity contribution in [3.63, 3.8) is 0 Å². The van der Waals surface area contributed by atoms with Crippen LogP contribution in [0.2, 0.25) is 0 Å². The number of likely N-dealkylation sites (tertiary alicyclic amines) is 1. The zero-order chi connectivity index (χ0) is 16.2. The first-order chi connectivity index (χ1) is 11.1. The lowest BCUT2D eigenvalue weighted by molar-refractivity contribution is 0.0850. The normalized spacial score (nSPS) is 16.4. The second kappa shape index (κ2) is 6.87. The molecule has 3 rings (SSSR count). The fourth-order valence-electron chi connectivity index (χ4n) is 2.88. The third-order valence-electron chi connectivity index (χ3n) is 4.33. The number of furan rings is 1. The number of hydrogen-bond donors (Lipinski definition) is 0. The van der Waals surface area contributed by atoms with Gasteiger partial charge >= 0.3 is 0 Å². The molecular weight excluding hydrogens is 292 g/mol. The van der Waals surface area contributed by atoms with E-state index in [0.29, 0.717) is 17.0 Å². The van der Waals surface area contributed by atoms with Gasteiger partial charge in [0.2, 0.25) is 0 Å². The first-order valence-corrected chi connectivity index (χ1v) is 7.87. The van der Waals surface area contributed by atoms with E-state index >= 15 is 0 Å². The number of carbonyl (C=O) groups is 2. The van der Waals surface area contributed by atoms with Crippen LogP contribution in [0.25, 0.3) is 0 Å². The second-order valence-corrected chi connectivity index (χ2v) is 6.07. The van der Waals surface area contributed by atoms with Crippen LogP contribution in [0, 0.1) is 5.92 Å². The third kappa shape index (κ3) is 3.74. The van der Waals surface area contributed by atoms with E-state index in [2.05, 4.69) is 16.9 Å². The maximum absolute atomic E-state index is 12.6. The summed E-state index contributed by atoms with van der Waals surface area (Å²) in [6, 6.07) is 6.96. The second-order valence-electron chi connectivity index (χ2n) is 6.07. The maximum atomic E-state index is 12.6. The van der Waals surface area contributed by atoms with Crippen molar-refractivity contribution >= 4 is 11.6 Å². The van der Waals surface area contributed by atoms with E-state index in [-0.39, 0.29) is 23.9 Å². The Morgan fingerprint density at radius 2 is 2.04 bits per heavy atom. The van der Waals surface area contributed by atoms with Crippen molar-refractivity contribution in [1.82, 2.24) is 9.88 Å². The van der Waals surface area contributed by atoms with Gasteiger partial charge in [-0.25, -0.2) is 4.98 Å². The van der Waals surface area contributed by atoms with Crippen LogP contribution in [0.1, 0.15) is 39.4 Å². The molecule has 0 aromatic carbocycles. The smallest absolute Gasteiger partial charge is 0.184 e. The monoisotopic (exact) mass is 312 g/mol. The molecule has 1 fully saturated rings. The van der Waals surface area contributed by atoms with Gasteiger partial charge in [0.05, 0.1) is 18.2 Å². The van der Waals surface area contributed by atoms with E-state index in [1.54, 1.807) is 24.3 Å². The first kappa shape index (κ1) is 15.6. The Kier molecular flexibility index (Phi) is 4.67. The predicted octanol–water partition coefficient (Wildman–Crippen LogP) is 2.62. The number of carbonyl (C=O) groups excluding carboxylic acids is 2. The van der Waals surface area contributed by atoms with Crippen molar-refractivity contribution in [3.05, 3.63) is 53.7 Å². The van der Waals surface area contributed by atoms with Crippen molar-refractivity contribution in [2.24, 2.45) is 5.92 Å². The maximum Gasteiger partial charge on any atom is 0.184 e. The summed E-state index contributed by atoms with van der Waals surface area (Å²) in [7, 11) is 2.07. The highest BCUT2D eigenvalue weighted by molar-refractivity contribution is 5.98. The van der Waals surface area contributed by atoms with Crippen LogP contribution in [0.4, 0.5) is 0 Å². The van der Waals surface area contributed by atoms with Gasteiger partial charge in [-0.15, -0.1) is 0 Å². The van der Waals surface area contributed by atoms with E-state index in [1.165, 1.54) is 12.5 Å². The molecule has 5 heteroatoms. The predicted molar refractivity (Wildman–Crippen MR) is 85.5 cm³/mol. The molecule has 0 unspecified atom stereocenters. The van der Waals surface area contributed by atoms with Crippen molar-refractivity contribution in [1.29, 1.82) is 0 Å². The van der Waals surface area contributed by atoms with Gasteiger partial charge in [-0.2, -0.15) is 0 Å². The third-order valence-corrected chi connectivity index (χ3v) is 4.33. The zero-order valence-corrected chi connectivity index (χ0v) is 13.2. The number of pyridine rings is 1. The van der Waals surface area contributed by atoms with Gasteiger partial charge in [-0.05, 0) is 51.2 Å². The molecule has 0 aliphatic carbocycles. The summed E-state index contributed by atoms with van der Waals surface area (Å²) >= 11 is 0. The van der Waals surface area contributed by atoms with Crippen LogP contribution in [0.5, 0.6) is 0 Å². The summed E-state index contributed by atoms with van der Waals surface area (Å²) in [5, 5.41) is 0. The Morgan fingerprint density at radius 1 is 1.26 bits per heavy atom. The Labute approximate surface area is 135 Å². The van der Waals surface area contributed by atoms with Gasteiger partial charge in [-0.3, -0.25) is 9.59 Å². The molecule has 0 atom stereocenters. The highest BCUT2D eigenvalue weighted by Gasteiger charge is 2.25. The quantitative estimate of drug-likeness (QED) is 0.794. The molecule has 1 saturated heterocycles. The molecule has 0 amide bonds. The van der Waals surface area contributed by atoms with E-state index < -0.39 is 0 Å². The van der Waals surface area contributed by atoms with E-state index in [0.717, 1.165) is 25.9 Å². The molecule has 1 aliphatic heterocycles. The number of rotatable bonds is 5. The topological polar surface area (TPSA) is 63.4 Å². The van der Waals surface area contributed by atoms with E-state index in [1.807, 2.05) is 0 Å². The molecular formula is C18H20N2O3. The van der Waals surface area contributed by atoms with Crippen LogP contribution in [-0.2, 0) is 6.42 Å².